The predicted molar refractivity (Wildman–Crippen MR) is 69.2 cm³/mol. The van der Waals surface area contributed by atoms with Crippen LogP contribution in [0.4, 0.5) is 0 Å². The largest absolute Gasteiger partial charge is 0.294 e. The SMILES string of the molecule is O=S(=O)(O)c1cccc(P=CC(Cl)(Cl)Cl)c1. The zero-order valence-corrected chi connectivity index (χ0v) is 11.6. The van der Waals surface area contributed by atoms with Crippen molar-refractivity contribution in [3.8, 4) is 0 Å². The fourth-order valence-electron chi connectivity index (χ4n) is 0.872. The maximum absolute atomic E-state index is 10.9. The van der Waals surface area contributed by atoms with Crippen LogP contribution in [0.5, 0.6) is 0 Å². The second kappa shape index (κ2) is 5.21. The lowest BCUT2D eigenvalue weighted by molar-refractivity contribution is 0.483. The minimum absolute atomic E-state index is 0.185. The standard InChI is InChI=1S/C8H6Cl3O3PS/c9-8(10,11)5-15-6-2-1-3-7(4-6)16(12,13)14/h1-5H,(H,12,13,14). The van der Waals surface area contributed by atoms with Crippen molar-refractivity contribution in [2.75, 3.05) is 0 Å². The molecule has 16 heavy (non-hydrogen) atoms. The van der Waals surface area contributed by atoms with Crippen molar-refractivity contribution >= 4 is 64.2 Å². The van der Waals surface area contributed by atoms with Crippen LogP contribution in [0.1, 0.15) is 0 Å². The van der Waals surface area contributed by atoms with Gasteiger partial charge in [0.05, 0.1) is 4.90 Å². The van der Waals surface area contributed by atoms with E-state index in [4.69, 9.17) is 39.4 Å². The molecular formula is C8H6Cl3O3PS. The maximum atomic E-state index is 10.9. The van der Waals surface area contributed by atoms with Crippen LogP contribution in [-0.4, -0.2) is 22.6 Å². The van der Waals surface area contributed by atoms with Gasteiger partial charge in [-0.05, 0) is 17.9 Å². The summed E-state index contributed by atoms with van der Waals surface area (Å²) < 4.78 is 29.0. The van der Waals surface area contributed by atoms with E-state index in [1.165, 1.54) is 24.0 Å². The quantitative estimate of drug-likeness (QED) is 0.518. The zero-order valence-electron chi connectivity index (χ0n) is 7.64. The van der Waals surface area contributed by atoms with E-state index in [9.17, 15) is 8.42 Å². The van der Waals surface area contributed by atoms with E-state index in [-0.39, 0.29) is 4.90 Å². The molecule has 0 saturated heterocycles. The molecule has 0 aliphatic heterocycles. The van der Waals surface area contributed by atoms with Gasteiger partial charge in [0.25, 0.3) is 10.1 Å². The second-order valence-electron chi connectivity index (χ2n) is 2.77. The van der Waals surface area contributed by atoms with Gasteiger partial charge in [-0.25, -0.2) is 0 Å². The average molecular weight is 320 g/mol. The fraction of sp³-hybridized carbons (Fsp3) is 0.125. The lowest BCUT2D eigenvalue weighted by Crippen LogP contribution is -2.05. The van der Waals surface area contributed by atoms with Crippen molar-refractivity contribution in [2.45, 2.75) is 8.69 Å². The predicted octanol–water partition coefficient (Wildman–Crippen LogP) is 2.68. The third kappa shape index (κ3) is 5.00. The molecule has 0 saturated carbocycles. The lowest BCUT2D eigenvalue weighted by atomic mass is 10.4. The molecular weight excluding hydrogens is 313 g/mol. The monoisotopic (exact) mass is 318 g/mol. The highest BCUT2D eigenvalue weighted by molar-refractivity contribution is 7.85. The molecule has 1 aromatic rings. The molecule has 0 atom stereocenters. The Morgan fingerprint density at radius 2 is 1.94 bits per heavy atom. The Labute approximate surface area is 110 Å². The van der Waals surface area contributed by atoms with Crippen LogP contribution >= 0.6 is 43.0 Å². The molecule has 0 spiro atoms. The van der Waals surface area contributed by atoms with Crippen molar-refractivity contribution in [2.24, 2.45) is 0 Å². The van der Waals surface area contributed by atoms with Crippen LogP contribution in [0, 0.1) is 0 Å². The Hall–Kier alpha value is 0.170. The number of alkyl halides is 3. The third-order valence-electron chi connectivity index (χ3n) is 1.48. The minimum Gasteiger partial charge on any atom is -0.282 e. The molecule has 88 valence electrons. The van der Waals surface area contributed by atoms with Crippen molar-refractivity contribution in [3.05, 3.63) is 24.3 Å². The van der Waals surface area contributed by atoms with E-state index in [0.29, 0.717) is 13.5 Å². The molecule has 0 heterocycles. The highest BCUT2D eigenvalue weighted by Crippen LogP contribution is 2.25. The summed E-state index contributed by atoms with van der Waals surface area (Å²) in [4.78, 5) is -0.185. The van der Waals surface area contributed by atoms with Gasteiger partial charge >= 0.3 is 0 Å². The Bertz CT molecular complexity index is 508. The first-order valence-electron chi connectivity index (χ1n) is 3.88. The first kappa shape index (κ1) is 14.2. The Kier molecular flexibility index (Phi) is 4.64. The maximum Gasteiger partial charge on any atom is 0.294 e. The third-order valence-corrected chi connectivity index (χ3v) is 4.20. The van der Waals surface area contributed by atoms with Gasteiger partial charge in [0, 0.05) is 5.30 Å². The van der Waals surface area contributed by atoms with Gasteiger partial charge in [-0.1, -0.05) is 55.1 Å². The Morgan fingerprint density at radius 3 is 2.44 bits per heavy atom. The molecule has 0 amide bonds. The highest BCUT2D eigenvalue weighted by atomic mass is 35.6. The summed E-state index contributed by atoms with van der Waals surface area (Å²) in [6.45, 7) is 0. The molecule has 0 aliphatic carbocycles. The molecule has 0 bridgehead atoms. The van der Waals surface area contributed by atoms with E-state index >= 15 is 0 Å². The summed E-state index contributed by atoms with van der Waals surface area (Å²) >= 11 is 16.5. The second-order valence-corrected chi connectivity index (χ2v) is 7.60. The van der Waals surface area contributed by atoms with E-state index in [2.05, 4.69) is 0 Å². The number of halogens is 3. The summed E-state index contributed by atoms with van der Waals surface area (Å²) in [6, 6.07) is 5.74. The van der Waals surface area contributed by atoms with E-state index < -0.39 is 13.9 Å². The van der Waals surface area contributed by atoms with E-state index in [1.54, 1.807) is 6.07 Å². The minimum atomic E-state index is -4.20. The van der Waals surface area contributed by atoms with Gasteiger partial charge in [-0.3, -0.25) is 4.55 Å². The first-order valence-corrected chi connectivity index (χ1v) is 7.42. The fourth-order valence-corrected chi connectivity index (χ4v) is 2.61. The Balaban J connectivity index is 3.06. The summed E-state index contributed by atoms with van der Waals surface area (Å²) in [5.74, 6) is 1.38. The normalized spacial score (nSPS) is 13.2. The van der Waals surface area contributed by atoms with Gasteiger partial charge in [0.15, 0.2) is 0 Å². The van der Waals surface area contributed by atoms with Gasteiger partial charge in [-0.2, -0.15) is 8.42 Å². The van der Waals surface area contributed by atoms with Gasteiger partial charge in [0.2, 0.25) is 3.79 Å². The lowest BCUT2D eigenvalue weighted by Gasteiger charge is -2.02. The van der Waals surface area contributed by atoms with Crippen LogP contribution in [-0.2, 0) is 10.1 Å². The molecule has 0 radical (unpaired) electrons. The zero-order chi connectivity index (χ0) is 12.4. The van der Waals surface area contributed by atoms with Crippen molar-refractivity contribution in [1.29, 1.82) is 0 Å². The smallest absolute Gasteiger partial charge is 0.282 e. The summed E-state index contributed by atoms with van der Waals surface area (Å²) in [7, 11) is -3.65. The van der Waals surface area contributed by atoms with Gasteiger partial charge in [0.1, 0.15) is 0 Å². The molecule has 0 aromatic heterocycles. The van der Waals surface area contributed by atoms with E-state index in [0.717, 1.165) is 0 Å². The van der Waals surface area contributed by atoms with Crippen molar-refractivity contribution in [3.63, 3.8) is 0 Å². The molecule has 1 N–H and O–H groups in total. The van der Waals surface area contributed by atoms with Gasteiger partial charge in [-0.15, -0.1) is 0 Å². The van der Waals surface area contributed by atoms with Crippen molar-refractivity contribution < 1.29 is 13.0 Å². The van der Waals surface area contributed by atoms with Crippen LogP contribution in [0.3, 0.4) is 0 Å². The highest BCUT2D eigenvalue weighted by Gasteiger charge is 2.14. The molecule has 1 aromatic carbocycles. The van der Waals surface area contributed by atoms with E-state index in [1.807, 2.05) is 0 Å². The molecule has 3 nitrogen and oxygen atoms in total. The summed E-state index contributed by atoms with van der Waals surface area (Å²) in [5.41, 5.74) is 0. The summed E-state index contributed by atoms with van der Waals surface area (Å²) in [5, 5.41) is 0.599. The molecule has 0 aliphatic rings. The Morgan fingerprint density at radius 1 is 1.31 bits per heavy atom. The summed E-state index contributed by atoms with van der Waals surface area (Å²) in [6.07, 6.45) is 0. The van der Waals surface area contributed by atoms with Crippen LogP contribution in [0.2, 0.25) is 0 Å². The molecule has 1 rings (SSSR count). The number of hydrogen-bond acceptors (Lipinski definition) is 2. The van der Waals surface area contributed by atoms with Crippen molar-refractivity contribution in [1.82, 2.24) is 0 Å². The number of hydrogen-bond donors (Lipinski definition) is 1. The topological polar surface area (TPSA) is 54.4 Å². The van der Waals surface area contributed by atoms with Gasteiger partial charge < -0.3 is 0 Å². The molecule has 0 fully saturated rings. The van der Waals surface area contributed by atoms with Crippen LogP contribution < -0.4 is 5.30 Å². The van der Waals surface area contributed by atoms with Crippen LogP contribution in [0.25, 0.3) is 0 Å². The molecule has 0 unspecified atom stereocenters. The molecule has 8 heteroatoms. The first-order chi connectivity index (χ1) is 7.18. The van der Waals surface area contributed by atoms with Crippen LogP contribution in [0.15, 0.2) is 29.2 Å². The average Bonchev–Trinajstić information content (AvgIpc) is 2.13. The number of rotatable bonds is 2. The number of benzene rings is 1.